The molecule has 0 bridgehead atoms. The number of carbonyl (C=O) groups excluding carboxylic acids is 3. The van der Waals surface area contributed by atoms with Crippen LogP contribution in [0.25, 0.3) is 0 Å². The van der Waals surface area contributed by atoms with Crippen molar-refractivity contribution in [1.29, 1.82) is 0 Å². The van der Waals surface area contributed by atoms with Crippen LogP contribution in [0.3, 0.4) is 0 Å². The first kappa shape index (κ1) is 36.1. The number of hydrogen-bond acceptors (Lipinski definition) is 9. The fraction of sp³-hybridized carbons (Fsp3) is 0.917. The van der Waals surface area contributed by atoms with Gasteiger partial charge in [0.05, 0.1) is 17.8 Å². The maximum absolute atomic E-state index is 13.8. The molecule has 3 saturated heterocycles. The molecule has 0 unspecified atom stereocenters. The van der Waals surface area contributed by atoms with Crippen LogP contribution in [0.15, 0.2) is 0 Å². The monoisotopic (exact) mass is 633 g/mol. The maximum atomic E-state index is 13.8. The molecular weight excluding hydrogens is 570 g/mol. The fourth-order valence-corrected chi connectivity index (χ4v) is 9.61. The summed E-state index contributed by atoms with van der Waals surface area (Å²) < 4.78 is 18.5. The third-order valence-corrected chi connectivity index (χ3v) is 10.0. The van der Waals surface area contributed by atoms with Crippen LogP contribution in [-0.2, 0) is 28.6 Å². The average Bonchev–Trinajstić information content (AvgIpc) is 2.77. The van der Waals surface area contributed by atoms with E-state index in [1.165, 1.54) is 0 Å². The number of hydrogen-bond donors (Lipinski definition) is 3. The van der Waals surface area contributed by atoms with Crippen LogP contribution in [0.2, 0.25) is 0 Å². The molecule has 3 aliphatic heterocycles. The summed E-state index contributed by atoms with van der Waals surface area (Å²) in [5, 5.41) is 10.9. The lowest BCUT2D eigenvalue weighted by molar-refractivity contribution is -0.170. The Bertz CT molecular complexity index is 934. The predicted octanol–water partition coefficient (Wildman–Crippen LogP) is 5.58. The molecule has 9 nitrogen and oxygen atoms in total. The van der Waals surface area contributed by atoms with Crippen molar-refractivity contribution in [2.45, 2.75) is 192 Å². The normalized spacial score (nSPS) is 32.7. The Morgan fingerprint density at radius 1 is 0.400 bits per heavy atom. The van der Waals surface area contributed by atoms with Gasteiger partial charge in [-0.2, -0.15) is 0 Å². The van der Waals surface area contributed by atoms with Crippen molar-refractivity contribution < 1.29 is 28.6 Å². The zero-order chi connectivity index (χ0) is 33.8. The van der Waals surface area contributed by atoms with Gasteiger partial charge in [-0.05, 0) is 102 Å². The minimum atomic E-state index is -0.572. The molecule has 3 N–H and O–H groups in total. The van der Waals surface area contributed by atoms with Gasteiger partial charge in [-0.3, -0.25) is 14.4 Å². The lowest BCUT2D eigenvalue weighted by Gasteiger charge is -2.47. The summed E-state index contributed by atoms with van der Waals surface area (Å²) in [6.45, 7) is 25.5. The van der Waals surface area contributed by atoms with Crippen molar-refractivity contribution in [1.82, 2.24) is 16.0 Å². The Kier molecular flexibility index (Phi) is 9.95. The molecule has 0 amide bonds. The van der Waals surface area contributed by atoms with Gasteiger partial charge in [0.25, 0.3) is 0 Å². The van der Waals surface area contributed by atoms with Gasteiger partial charge in [0.1, 0.15) is 18.3 Å². The predicted molar refractivity (Wildman–Crippen MR) is 176 cm³/mol. The quantitative estimate of drug-likeness (QED) is 0.255. The summed E-state index contributed by atoms with van der Waals surface area (Å²) >= 11 is 0. The molecular formula is C36H63N3O6. The SMILES string of the molecule is CC1(C)CC(OC(=O)C2CC(C(=O)OC3CC(C)(C)NC(C)(C)C3)CC(C(=O)OC3CC(C)(C)NC(C)(C)C3)C2)CC(C)(C)N1. The Morgan fingerprint density at radius 2 is 0.578 bits per heavy atom. The maximum Gasteiger partial charge on any atom is 0.309 e. The van der Waals surface area contributed by atoms with E-state index in [1.54, 1.807) is 0 Å². The van der Waals surface area contributed by atoms with E-state index in [0.29, 0.717) is 57.8 Å². The summed E-state index contributed by atoms with van der Waals surface area (Å²) in [7, 11) is 0. The van der Waals surface area contributed by atoms with E-state index in [9.17, 15) is 14.4 Å². The molecule has 0 aromatic rings. The van der Waals surface area contributed by atoms with Crippen molar-refractivity contribution in [3.63, 3.8) is 0 Å². The first-order valence-electron chi connectivity index (χ1n) is 17.3. The Labute approximate surface area is 272 Å². The Balaban J connectivity index is 1.50. The second kappa shape index (κ2) is 12.4. The van der Waals surface area contributed by atoms with Crippen LogP contribution in [0.1, 0.15) is 141 Å². The number of carbonyl (C=O) groups is 3. The zero-order valence-electron chi connectivity index (χ0n) is 30.3. The second-order valence-electron chi connectivity index (χ2n) is 18.9. The Morgan fingerprint density at radius 3 is 0.756 bits per heavy atom. The minimum Gasteiger partial charge on any atom is -0.462 e. The molecule has 4 aliphatic rings. The molecule has 0 aromatic heterocycles. The van der Waals surface area contributed by atoms with Gasteiger partial charge < -0.3 is 30.2 Å². The lowest BCUT2D eigenvalue weighted by atomic mass is 9.74. The topological polar surface area (TPSA) is 115 Å². The second-order valence-corrected chi connectivity index (χ2v) is 18.9. The minimum absolute atomic E-state index is 0.176. The molecule has 1 saturated carbocycles. The number of nitrogens with one attached hydrogen (secondary N) is 3. The number of piperidine rings is 3. The van der Waals surface area contributed by atoms with E-state index in [1.807, 2.05) is 0 Å². The molecule has 3 heterocycles. The third-order valence-electron chi connectivity index (χ3n) is 10.0. The summed E-state index contributed by atoms with van der Waals surface area (Å²) in [6, 6.07) is 0. The van der Waals surface area contributed by atoms with Crippen LogP contribution in [-0.4, -0.2) is 69.5 Å². The van der Waals surface area contributed by atoms with E-state index in [-0.39, 0.29) is 69.5 Å². The van der Waals surface area contributed by atoms with Crippen LogP contribution in [0, 0.1) is 17.8 Å². The molecule has 4 fully saturated rings. The van der Waals surface area contributed by atoms with Crippen LogP contribution in [0.5, 0.6) is 0 Å². The average molecular weight is 634 g/mol. The lowest BCUT2D eigenvalue weighted by Crippen LogP contribution is -2.60. The Hall–Kier alpha value is -1.71. The molecule has 9 heteroatoms. The zero-order valence-corrected chi connectivity index (χ0v) is 30.3. The van der Waals surface area contributed by atoms with Gasteiger partial charge >= 0.3 is 17.9 Å². The van der Waals surface area contributed by atoms with Crippen LogP contribution < -0.4 is 16.0 Å². The molecule has 45 heavy (non-hydrogen) atoms. The highest BCUT2D eigenvalue weighted by Gasteiger charge is 2.47. The first-order valence-corrected chi connectivity index (χ1v) is 17.3. The highest BCUT2D eigenvalue weighted by molar-refractivity contribution is 5.80. The van der Waals surface area contributed by atoms with Crippen LogP contribution in [0.4, 0.5) is 0 Å². The summed E-state index contributed by atoms with van der Waals surface area (Å²) in [6.07, 6.45) is 4.48. The van der Waals surface area contributed by atoms with E-state index < -0.39 is 17.8 Å². The summed E-state index contributed by atoms with van der Waals surface area (Å²) in [5.74, 6) is -2.68. The number of ether oxygens (including phenoxy) is 3. The van der Waals surface area contributed by atoms with Gasteiger partial charge in [0.2, 0.25) is 0 Å². The van der Waals surface area contributed by atoms with Gasteiger partial charge in [-0.1, -0.05) is 0 Å². The summed E-state index contributed by atoms with van der Waals surface area (Å²) in [4.78, 5) is 41.3. The van der Waals surface area contributed by atoms with Gasteiger partial charge in [-0.25, -0.2) is 0 Å². The molecule has 0 aromatic carbocycles. The highest BCUT2D eigenvalue weighted by Crippen LogP contribution is 2.40. The third kappa shape index (κ3) is 10.1. The van der Waals surface area contributed by atoms with Crippen LogP contribution >= 0.6 is 0 Å². The summed E-state index contributed by atoms with van der Waals surface area (Å²) in [5.41, 5.74) is -1.06. The smallest absolute Gasteiger partial charge is 0.309 e. The molecule has 4 rings (SSSR count). The van der Waals surface area contributed by atoms with Crippen molar-refractivity contribution in [2.75, 3.05) is 0 Å². The molecule has 1 aliphatic carbocycles. The highest BCUT2D eigenvalue weighted by atomic mass is 16.6. The fourth-order valence-electron chi connectivity index (χ4n) is 9.61. The van der Waals surface area contributed by atoms with E-state index in [4.69, 9.17) is 14.2 Å². The van der Waals surface area contributed by atoms with Crippen molar-refractivity contribution in [3.05, 3.63) is 0 Å². The van der Waals surface area contributed by atoms with E-state index in [0.717, 1.165) is 0 Å². The molecule has 0 spiro atoms. The van der Waals surface area contributed by atoms with Gasteiger partial charge in [0, 0.05) is 71.8 Å². The standard InChI is InChI=1S/C36H63N3O6/c1-31(2)16-25(17-32(3,4)37-31)43-28(40)22-13-23(29(41)44-26-18-33(5,6)38-34(7,8)19-26)15-24(14-22)30(42)45-27-20-35(9,10)39-36(11,12)21-27/h22-27,37-39H,13-21H2,1-12H3. The van der Waals surface area contributed by atoms with Crippen molar-refractivity contribution in [3.8, 4) is 0 Å². The number of esters is 3. The van der Waals surface area contributed by atoms with E-state index in [2.05, 4.69) is 99.0 Å². The van der Waals surface area contributed by atoms with Gasteiger partial charge in [0.15, 0.2) is 0 Å². The van der Waals surface area contributed by atoms with Gasteiger partial charge in [-0.15, -0.1) is 0 Å². The first-order chi connectivity index (χ1) is 20.3. The van der Waals surface area contributed by atoms with E-state index >= 15 is 0 Å². The van der Waals surface area contributed by atoms with Crippen molar-refractivity contribution >= 4 is 17.9 Å². The molecule has 0 radical (unpaired) electrons. The van der Waals surface area contributed by atoms with Crippen molar-refractivity contribution in [2.24, 2.45) is 17.8 Å². The number of rotatable bonds is 6. The molecule has 0 atom stereocenters. The largest absolute Gasteiger partial charge is 0.462 e. The molecule has 258 valence electrons.